The fourth-order valence-electron chi connectivity index (χ4n) is 5.49. The summed E-state index contributed by atoms with van der Waals surface area (Å²) in [5.74, 6) is -2.36. The van der Waals surface area contributed by atoms with Crippen molar-refractivity contribution in [3.63, 3.8) is 0 Å². The second kappa shape index (κ2) is 13.2. The number of rotatable bonds is 9. The molecule has 5 rings (SSSR count). The van der Waals surface area contributed by atoms with Crippen molar-refractivity contribution in [2.24, 2.45) is 0 Å². The summed E-state index contributed by atoms with van der Waals surface area (Å²) in [4.78, 5) is 18.7. The van der Waals surface area contributed by atoms with E-state index in [2.05, 4.69) is 10.3 Å². The number of halogens is 3. The van der Waals surface area contributed by atoms with Gasteiger partial charge in [0.25, 0.3) is 0 Å². The first-order valence-corrected chi connectivity index (χ1v) is 15.6. The van der Waals surface area contributed by atoms with Gasteiger partial charge in [0, 0.05) is 55.1 Å². The fourth-order valence-corrected chi connectivity index (χ4v) is 7.17. The van der Waals surface area contributed by atoms with E-state index in [4.69, 9.17) is 5.73 Å². The number of hydrogen-bond donors (Lipinski definition) is 2. The third-order valence-corrected chi connectivity index (χ3v) is 9.66. The van der Waals surface area contributed by atoms with Gasteiger partial charge in [0.2, 0.25) is 15.9 Å². The zero-order valence-corrected chi connectivity index (χ0v) is 24.8. The molecule has 0 unspecified atom stereocenters. The number of sulfonamides is 1. The van der Waals surface area contributed by atoms with Gasteiger partial charge in [-0.15, -0.1) is 0 Å². The van der Waals surface area contributed by atoms with Crippen molar-refractivity contribution in [1.29, 1.82) is 0 Å². The zero-order valence-electron chi connectivity index (χ0n) is 24.0. The van der Waals surface area contributed by atoms with Gasteiger partial charge in [0.05, 0.1) is 22.5 Å². The summed E-state index contributed by atoms with van der Waals surface area (Å²) < 4.78 is 72.8. The summed E-state index contributed by atoms with van der Waals surface area (Å²) >= 11 is 0. The van der Waals surface area contributed by atoms with Gasteiger partial charge in [-0.3, -0.25) is 14.7 Å². The lowest BCUT2D eigenvalue weighted by Gasteiger charge is -2.35. The normalized spacial score (nSPS) is 15.7. The Kier molecular flexibility index (Phi) is 9.33. The standard InChI is InChI=1S/C32H32F3N5O3S/c1-2-30(41)40(22-10-8-21(33)9-11-22)29-15-14-27(34)32(36)31(29)26-19-38-20-28(35)25(26)13-12-23-18-37-16-17-39(23)44(42,43)24-6-4-3-5-7-24/h3-11,14-15,19-20,23,37H,2,12-13,16-18,36H2,1H3/t23-/m0/s1. The highest BCUT2D eigenvalue weighted by Crippen LogP contribution is 2.43. The van der Waals surface area contributed by atoms with E-state index in [1.807, 2.05) is 0 Å². The minimum absolute atomic E-state index is 0.0497. The first kappa shape index (κ1) is 31.2. The van der Waals surface area contributed by atoms with E-state index in [0.717, 1.165) is 12.3 Å². The summed E-state index contributed by atoms with van der Waals surface area (Å²) in [6.45, 7) is 2.70. The smallest absolute Gasteiger partial charge is 0.243 e. The van der Waals surface area contributed by atoms with E-state index < -0.39 is 33.5 Å². The first-order chi connectivity index (χ1) is 21.1. The molecule has 3 N–H and O–H groups in total. The number of nitrogen functional groups attached to an aromatic ring is 1. The van der Waals surface area contributed by atoms with Crippen molar-refractivity contribution in [3.05, 3.63) is 102 Å². The Morgan fingerprint density at radius 1 is 1.02 bits per heavy atom. The van der Waals surface area contributed by atoms with Gasteiger partial charge in [0.15, 0.2) is 0 Å². The van der Waals surface area contributed by atoms with Gasteiger partial charge in [-0.2, -0.15) is 4.31 Å². The van der Waals surface area contributed by atoms with Crippen LogP contribution in [0.3, 0.4) is 0 Å². The number of carbonyl (C=O) groups is 1. The predicted molar refractivity (Wildman–Crippen MR) is 163 cm³/mol. The fraction of sp³-hybridized carbons (Fsp3) is 0.250. The van der Waals surface area contributed by atoms with Crippen LogP contribution in [0.1, 0.15) is 25.3 Å². The van der Waals surface area contributed by atoms with E-state index in [1.54, 1.807) is 25.1 Å². The number of pyridine rings is 1. The molecule has 230 valence electrons. The van der Waals surface area contributed by atoms with Gasteiger partial charge >= 0.3 is 0 Å². The second-order valence-electron chi connectivity index (χ2n) is 10.4. The maximum absolute atomic E-state index is 15.6. The van der Waals surface area contributed by atoms with E-state index >= 15 is 8.78 Å². The van der Waals surface area contributed by atoms with Crippen LogP contribution in [0.5, 0.6) is 0 Å². The third kappa shape index (κ3) is 6.19. The van der Waals surface area contributed by atoms with Crippen LogP contribution in [0.4, 0.5) is 30.2 Å². The van der Waals surface area contributed by atoms with Crippen LogP contribution >= 0.6 is 0 Å². The first-order valence-electron chi connectivity index (χ1n) is 14.2. The Labute approximate surface area is 254 Å². The van der Waals surface area contributed by atoms with Crippen molar-refractivity contribution < 1.29 is 26.4 Å². The summed E-state index contributed by atoms with van der Waals surface area (Å²) in [5.41, 5.74) is 6.79. The molecule has 8 nitrogen and oxygen atoms in total. The van der Waals surface area contributed by atoms with Crippen LogP contribution in [-0.4, -0.2) is 49.3 Å². The number of nitrogens with one attached hydrogen (secondary N) is 1. The molecule has 4 aromatic rings. The molecular formula is C32H32F3N5O3S. The molecule has 1 aromatic heterocycles. The van der Waals surface area contributed by atoms with Gasteiger partial charge in [-0.1, -0.05) is 25.1 Å². The number of hydrogen-bond acceptors (Lipinski definition) is 6. The SMILES string of the molecule is CCC(=O)N(c1ccc(F)cc1)c1ccc(F)c(N)c1-c1cncc(F)c1CC[C@H]1CNCCN1S(=O)(=O)c1ccccc1. The molecule has 1 saturated heterocycles. The number of carbonyl (C=O) groups excluding carboxylic acids is 1. The largest absolute Gasteiger partial charge is 0.396 e. The third-order valence-electron chi connectivity index (χ3n) is 7.70. The number of piperazine rings is 1. The highest BCUT2D eigenvalue weighted by molar-refractivity contribution is 7.89. The Bertz CT molecular complexity index is 1760. The second-order valence-corrected chi connectivity index (χ2v) is 12.3. The Balaban J connectivity index is 1.56. The molecule has 3 aromatic carbocycles. The molecule has 44 heavy (non-hydrogen) atoms. The number of nitrogens with zero attached hydrogens (tertiary/aromatic N) is 3. The topological polar surface area (TPSA) is 109 Å². The van der Waals surface area contributed by atoms with E-state index in [9.17, 15) is 17.6 Å². The van der Waals surface area contributed by atoms with Gasteiger partial charge in [0.1, 0.15) is 17.5 Å². The summed E-state index contributed by atoms with van der Waals surface area (Å²) in [7, 11) is -3.82. The molecule has 1 atom stereocenters. The summed E-state index contributed by atoms with van der Waals surface area (Å²) in [6.07, 6.45) is 2.73. The quantitative estimate of drug-likeness (QED) is 0.241. The minimum atomic E-state index is -3.82. The average Bonchev–Trinajstić information content (AvgIpc) is 3.03. The van der Waals surface area contributed by atoms with E-state index in [1.165, 1.54) is 57.9 Å². The molecule has 0 saturated carbocycles. The molecular weight excluding hydrogens is 591 g/mol. The van der Waals surface area contributed by atoms with Crippen molar-refractivity contribution in [3.8, 4) is 11.1 Å². The molecule has 1 amide bonds. The minimum Gasteiger partial charge on any atom is -0.396 e. The molecule has 12 heteroatoms. The molecule has 1 aliphatic heterocycles. The average molecular weight is 624 g/mol. The van der Waals surface area contributed by atoms with Crippen molar-refractivity contribution in [2.45, 2.75) is 37.1 Å². The zero-order chi connectivity index (χ0) is 31.4. The predicted octanol–water partition coefficient (Wildman–Crippen LogP) is 5.42. The monoisotopic (exact) mass is 623 g/mol. The van der Waals surface area contributed by atoms with Crippen LogP contribution in [0, 0.1) is 17.5 Å². The molecule has 0 spiro atoms. The highest BCUT2D eigenvalue weighted by Gasteiger charge is 2.34. The van der Waals surface area contributed by atoms with Gasteiger partial charge < -0.3 is 11.1 Å². The van der Waals surface area contributed by atoms with Crippen LogP contribution < -0.4 is 16.0 Å². The van der Waals surface area contributed by atoms with Crippen molar-refractivity contribution >= 4 is 33.0 Å². The molecule has 0 bridgehead atoms. The van der Waals surface area contributed by atoms with Crippen LogP contribution in [0.25, 0.3) is 11.1 Å². The maximum atomic E-state index is 15.6. The molecule has 1 aliphatic rings. The van der Waals surface area contributed by atoms with Crippen LogP contribution in [-0.2, 0) is 21.2 Å². The van der Waals surface area contributed by atoms with Crippen molar-refractivity contribution in [2.75, 3.05) is 30.3 Å². The van der Waals surface area contributed by atoms with Gasteiger partial charge in [-0.25, -0.2) is 21.6 Å². The summed E-state index contributed by atoms with van der Waals surface area (Å²) in [5, 5.41) is 3.21. The lowest BCUT2D eigenvalue weighted by atomic mass is 9.93. The van der Waals surface area contributed by atoms with Gasteiger partial charge in [-0.05, 0) is 66.9 Å². The number of amides is 1. The van der Waals surface area contributed by atoms with E-state index in [-0.39, 0.29) is 64.7 Å². The lowest BCUT2D eigenvalue weighted by Crippen LogP contribution is -2.53. The number of aromatic nitrogens is 1. The molecule has 1 fully saturated rings. The number of anilines is 3. The maximum Gasteiger partial charge on any atom is 0.243 e. The van der Waals surface area contributed by atoms with Crippen LogP contribution in [0.2, 0.25) is 0 Å². The molecule has 2 heterocycles. The van der Waals surface area contributed by atoms with E-state index in [0.29, 0.717) is 18.8 Å². The lowest BCUT2D eigenvalue weighted by molar-refractivity contribution is -0.117. The highest BCUT2D eigenvalue weighted by atomic mass is 32.2. The molecule has 0 aliphatic carbocycles. The number of benzene rings is 3. The Morgan fingerprint density at radius 2 is 1.75 bits per heavy atom. The van der Waals surface area contributed by atoms with Crippen molar-refractivity contribution in [1.82, 2.24) is 14.6 Å². The number of nitrogens with two attached hydrogens (primary N) is 1. The Morgan fingerprint density at radius 3 is 2.45 bits per heavy atom. The molecule has 0 radical (unpaired) electrons. The summed E-state index contributed by atoms with van der Waals surface area (Å²) in [6, 6.07) is 15.3. The Hall–Kier alpha value is -4.26. The van der Waals surface area contributed by atoms with Crippen LogP contribution in [0.15, 0.2) is 84.0 Å².